The van der Waals surface area contributed by atoms with Crippen molar-refractivity contribution in [3.8, 4) is 0 Å². The Kier molecular flexibility index (Phi) is 9.86. The predicted octanol–water partition coefficient (Wildman–Crippen LogP) is 3.20. The summed E-state index contributed by atoms with van der Waals surface area (Å²) < 4.78 is 38.4. The van der Waals surface area contributed by atoms with Crippen molar-refractivity contribution in [1.82, 2.24) is 14.1 Å². The third-order valence-corrected chi connectivity index (χ3v) is 11.4. The Labute approximate surface area is 257 Å². The van der Waals surface area contributed by atoms with Gasteiger partial charge in [0.15, 0.2) is 0 Å². The smallest absolute Gasteiger partial charge is 0.309 e. The minimum atomic E-state index is -3.78. The van der Waals surface area contributed by atoms with Gasteiger partial charge in [-0.15, -0.1) is 11.3 Å². The van der Waals surface area contributed by atoms with Crippen LogP contribution in [0.5, 0.6) is 0 Å². The predicted molar refractivity (Wildman–Crippen MR) is 163 cm³/mol. The third kappa shape index (κ3) is 6.80. The molecule has 2 aromatic rings. The molecule has 1 N–H and O–H groups in total. The number of benzene rings is 1. The van der Waals surface area contributed by atoms with Gasteiger partial charge in [0.1, 0.15) is 5.00 Å². The lowest BCUT2D eigenvalue weighted by molar-refractivity contribution is -0.149. The van der Waals surface area contributed by atoms with Crippen LogP contribution >= 0.6 is 11.3 Å². The van der Waals surface area contributed by atoms with Crippen LogP contribution in [0.15, 0.2) is 29.2 Å². The molecule has 43 heavy (non-hydrogen) atoms. The molecular formula is C30H40N4O7S2. The third-order valence-electron chi connectivity index (χ3n) is 8.38. The average molecular weight is 633 g/mol. The van der Waals surface area contributed by atoms with Crippen molar-refractivity contribution in [3.63, 3.8) is 0 Å². The molecule has 0 spiro atoms. The number of anilines is 1. The van der Waals surface area contributed by atoms with E-state index in [0.29, 0.717) is 67.9 Å². The number of thiophene rings is 1. The first kappa shape index (κ1) is 31.6. The molecule has 13 heteroatoms. The summed E-state index contributed by atoms with van der Waals surface area (Å²) in [7, 11) is -3.78. The normalized spacial score (nSPS) is 18.8. The van der Waals surface area contributed by atoms with Crippen molar-refractivity contribution >= 4 is 44.1 Å². The minimum absolute atomic E-state index is 0.0854. The fourth-order valence-electron chi connectivity index (χ4n) is 5.80. The van der Waals surface area contributed by atoms with Crippen molar-refractivity contribution in [1.29, 1.82) is 0 Å². The standard InChI is InChI=1S/C30H40N4O7S2/c1-4-41-30(37)22-9-13-34(14-10-22)43(38,39)23-7-5-21(6-8-23)27(35)31-28-26(29(36)32-15-17-40-18-16-32)24-11-12-33(20(2)3)19-25(24)42-28/h5-8,20,22H,4,9-19H2,1-3H3,(H,31,35). The maximum atomic E-state index is 13.7. The summed E-state index contributed by atoms with van der Waals surface area (Å²) in [6, 6.07) is 6.21. The van der Waals surface area contributed by atoms with Crippen LogP contribution in [-0.2, 0) is 37.3 Å². The highest BCUT2D eigenvalue weighted by atomic mass is 32.2. The van der Waals surface area contributed by atoms with Gasteiger partial charge in [0.05, 0.1) is 36.2 Å². The molecule has 3 aliphatic heterocycles. The Bertz CT molecular complexity index is 1440. The van der Waals surface area contributed by atoms with Gasteiger partial charge in [-0.25, -0.2) is 8.42 Å². The highest BCUT2D eigenvalue weighted by Crippen LogP contribution is 2.39. The van der Waals surface area contributed by atoms with E-state index >= 15 is 0 Å². The van der Waals surface area contributed by atoms with Crippen LogP contribution in [0.4, 0.5) is 5.00 Å². The van der Waals surface area contributed by atoms with Gasteiger partial charge in [-0.2, -0.15) is 4.31 Å². The van der Waals surface area contributed by atoms with E-state index in [2.05, 4.69) is 24.1 Å². The van der Waals surface area contributed by atoms with Crippen LogP contribution in [0.3, 0.4) is 0 Å². The number of morpholine rings is 1. The van der Waals surface area contributed by atoms with Crippen LogP contribution in [-0.4, -0.2) is 98.9 Å². The first-order chi connectivity index (χ1) is 20.6. The average Bonchev–Trinajstić information content (AvgIpc) is 3.38. The van der Waals surface area contributed by atoms with Gasteiger partial charge in [0.2, 0.25) is 10.0 Å². The molecule has 1 aromatic heterocycles. The summed E-state index contributed by atoms with van der Waals surface area (Å²) >= 11 is 1.44. The van der Waals surface area contributed by atoms with E-state index in [1.165, 1.54) is 39.9 Å². The van der Waals surface area contributed by atoms with Crippen molar-refractivity contribution in [2.24, 2.45) is 5.92 Å². The van der Waals surface area contributed by atoms with E-state index in [4.69, 9.17) is 9.47 Å². The Morgan fingerprint density at radius 3 is 2.35 bits per heavy atom. The Balaban J connectivity index is 1.32. The lowest BCUT2D eigenvalue weighted by Crippen LogP contribution is -2.41. The molecule has 2 saturated heterocycles. The largest absolute Gasteiger partial charge is 0.466 e. The molecular weight excluding hydrogens is 592 g/mol. The van der Waals surface area contributed by atoms with Gasteiger partial charge < -0.3 is 19.7 Å². The summed E-state index contributed by atoms with van der Waals surface area (Å²) in [6.45, 7) is 10.3. The topological polar surface area (TPSA) is 126 Å². The molecule has 1 aromatic carbocycles. The fraction of sp³-hybridized carbons (Fsp3) is 0.567. The monoisotopic (exact) mass is 632 g/mol. The molecule has 234 valence electrons. The van der Waals surface area contributed by atoms with Gasteiger partial charge in [0, 0.05) is 55.8 Å². The summed E-state index contributed by atoms with van der Waals surface area (Å²) in [5.41, 5.74) is 1.85. The molecule has 11 nitrogen and oxygen atoms in total. The van der Waals surface area contributed by atoms with Crippen LogP contribution < -0.4 is 5.32 Å². The molecule has 5 rings (SSSR count). The molecule has 3 aliphatic rings. The number of nitrogens with one attached hydrogen (secondary N) is 1. The van der Waals surface area contributed by atoms with E-state index in [0.717, 1.165) is 30.0 Å². The number of hydrogen-bond acceptors (Lipinski definition) is 9. The number of ether oxygens (including phenoxy) is 2. The van der Waals surface area contributed by atoms with E-state index in [1.54, 1.807) is 11.8 Å². The first-order valence-corrected chi connectivity index (χ1v) is 17.2. The molecule has 4 heterocycles. The van der Waals surface area contributed by atoms with Crippen LogP contribution in [0, 0.1) is 5.92 Å². The van der Waals surface area contributed by atoms with E-state index in [1.807, 2.05) is 0 Å². The lowest BCUT2D eigenvalue weighted by atomic mass is 9.98. The number of carbonyl (C=O) groups is 3. The van der Waals surface area contributed by atoms with Crippen LogP contribution in [0.1, 0.15) is 64.8 Å². The zero-order valence-corrected chi connectivity index (χ0v) is 26.6. The second-order valence-electron chi connectivity index (χ2n) is 11.3. The van der Waals surface area contributed by atoms with E-state index in [9.17, 15) is 22.8 Å². The van der Waals surface area contributed by atoms with Crippen molar-refractivity contribution in [3.05, 3.63) is 45.8 Å². The van der Waals surface area contributed by atoms with Crippen molar-refractivity contribution < 1.29 is 32.3 Å². The highest BCUT2D eigenvalue weighted by Gasteiger charge is 2.34. The number of nitrogens with zero attached hydrogens (tertiary/aromatic N) is 3. The van der Waals surface area contributed by atoms with Gasteiger partial charge >= 0.3 is 5.97 Å². The number of sulfonamides is 1. The number of esters is 1. The molecule has 0 radical (unpaired) electrons. The quantitative estimate of drug-likeness (QED) is 0.440. The second kappa shape index (κ2) is 13.4. The van der Waals surface area contributed by atoms with Crippen molar-refractivity contribution in [2.45, 2.75) is 57.5 Å². The Hall–Kier alpha value is -2.84. The zero-order chi connectivity index (χ0) is 30.7. The maximum absolute atomic E-state index is 13.7. The Morgan fingerprint density at radius 1 is 1.05 bits per heavy atom. The number of rotatable bonds is 8. The summed E-state index contributed by atoms with van der Waals surface area (Å²) in [4.78, 5) is 44.4. The van der Waals surface area contributed by atoms with E-state index in [-0.39, 0.29) is 35.8 Å². The van der Waals surface area contributed by atoms with Gasteiger partial charge in [0.25, 0.3) is 11.8 Å². The van der Waals surface area contributed by atoms with E-state index < -0.39 is 15.9 Å². The van der Waals surface area contributed by atoms with Gasteiger partial charge in [-0.05, 0) is 69.9 Å². The maximum Gasteiger partial charge on any atom is 0.309 e. The molecule has 0 unspecified atom stereocenters. The molecule has 0 saturated carbocycles. The molecule has 0 aliphatic carbocycles. The molecule has 0 bridgehead atoms. The van der Waals surface area contributed by atoms with Crippen LogP contribution in [0.25, 0.3) is 0 Å². The number of amides is 2. The zero-order valence-electron chi connectivity index (χ0n) is 25.0. The molecule has 2 fully saturated rings. The fourth-order valence-corrected chi connectivity index (χ4v) is 8.53. The first-order valence-electron chi connectivity index (χ1n) is 14.9. The molecule has 2 amide bonds. The number of carbonyl (C=O) groups excluding carboxylic acids is 3. The van der Waals surface area contributed by atoms with Gasteiger partial charge in [-0.3, -0.25) is 19.3 Å². The number of piperidine rings is 1. The minimum Gasteiger partial charge on any atom is -0.466 e. The number of fused-ring (bicyclic) bond motifs is 1. The second-order valence-corrected chi connectivity index (χ2v) is 14.4. The lowest BCUT2D eigenvalue weighted by Gasteiger charge is -2.31. The van der Waals surface area contributed by atoms with Crippen LogP contribution in [0.2, 0.25) is 0 Å². The van der Waals surface area contributed by atoms with Gasteiger partial charge in [-0.1, -0.05) is 0 Å². The highest BCUT2D eigenvalue weighted by molar-refractivity contribution is 7.89. The Morgan fingerprint density at radius 2 is 1.72 bits per heavy atom. The summed E-state index contributed by atoms with van der Waals surface area (Å²) in [5, 5.41) is 3.50. The summed E-state index contributed by atoms with van der Waals surface area (Å²) in [6.07, 6.45) is 1.54. The number of hydrogen-bond donors (Lipinski definition) is 1. The summed E-state index contributed by atoms with van der Waals surface area (Å²) in [5.74, 6) is -1.08. The SMILES string of the molecule is CCOC(=O)C1CCN(S(=O)(=O)c2ccc(C(=O)Nc3sc4c(c3C(=O)N3CCOCC3)CCN(C(C)C)C4)cc2)CC1. The molecule has 0 atom stereocenters. The van der Waals surface area contributed by atoms with Crippen molar-refractivity contribution in [2.75, 3.05) is 57.9 Å².